The number of aliphatic carboxylic acids is 1. The first kappa shape index (κ1) is 14.0. The van der Waals surface area contributed by atoms with Crippen molar-refractivity contribution >= 4 is 16.0 Å². The van der Waals surface area contributed by atoms with Crippen molar-refractivity contribution in [2.45, 2.75) is 37.1 Å². The number of aryl methyl sites for hydroxylation is 1. The van der Waals surface area contributed by atoms with Gasteiger partial charge >= 0.3 is 5.97 Å². The number of rotatable bonds is 6. The molecule has 0 bridgehead atoms. The summed E-state index contributed by atoms with van der Waals surface area (Å²) >= 11 is 0. The van der Waals surface area contributed by atoms with Gasteiger partial charge < -0.3 is 5.11 Å². The molecule has 1 aliphatic rings. The van der Waals surface area contributed by atoms with E-state index < -0.39 is 16.0 Å². The Labute approximate surface area is 112 Å². The Morgan fingerprint density at radius 3 is 2.63 bits per heavy atom. The van der Waals surface area contributed by atoms with Gasteiger partial charge in [-0.1, -0.05) is 12.1 Å². The van der Waals surface area contributed by atoms with Gasteiger partial charge in [-0.05, 0) is 37.5 Å². The number of benzene rings is 1. The van der Waals surface area contributed by atoms with E-state index >= 15 is 0 Å². The summed E-state index contributed by atoms with van der Waals surface area (Å²) in [4.78, 5) is 10.9. The Morgan fingerprint density at radius 1 is 1.42 bits per heavy atom. The lowest BCUT2D eigenvalue weighted by molar-refractivity contribution is -0.137. The predicted octanol–water partition coefficient (Wildman–Crippen LogP) is 1.62. The van der Waals surface area contributed by atoms with Crippen molar-refractivity contribution in [2.24, 2.45) is 0 Å². The molecule has 6 heteroatoms. The average molecular weight is 283 g/mol. The van der Waals surface area contributed by atoms with E-state index in [0.717, 1.165) is 18.4 Å². The third-order valence-corrected chi connectivity index (χ3v) is 5.04. The van der Waals surface area contributed by atoms with Crippen LogP contribution in [0.2, 0.25) is 0 Å². The Kier molecular flexibility index (Phi) is 3.91. The highest BCUT2D eigenvalue weighted by atomic mass is 32.2. The number of hydrogen-bond acceptors (Lipinski definition) is 3. The number of carboxylic acid groups (broad SMARTS) is 1. The van der Waals surface area contributed by atoms with E-state index in [-0.39, 0.29) is 23.9 Å². The van der Waals surface area contributed by atoms with Crippen LogP contribution in [0.3, 0.4) is 0 Å². The molecule has 19 heavy (non-hydrogen) atoms. The summed E-state index contributed by atoms with van der Waals surface area (Å²) in [5.41, 5.74) is 0.870. The van der Waals surface area contributed by atoms with E-state index in [1.54, 1.807) is 18.2 Å². The number of hydrogen-bond donors (Lipinski definition) is 1. The second kappa shape index (κ2) is 5.30. The van der Waals surface area contributed by atoms with E-state index in [0.29, 0.717) is 0 Å². The number of carbonyl (C=O) groups is 1. The van der Waals surface area contributed by atoms with Gasteiger partial charge in [-0.2, -0.15) is 4.31 Å². The summed E-state index contributed by atoms with van der Waals surface area (Å²) in [5.74, 6) is -0.981. The Bertz CT molecular complexity index is 578. The lowest BCUT2D eigenvalue weighted by Gasteiger charge is -2.21. The van der Waals surface area contributed by atoms with Crippen LogP contribution in [0.1, 0.15) is 24.8 Å². The topological polar surface area (TPSA) is 74.7 Å². The Hall–Kier alpha value is -1.40. The maximum Gasteiger partial charge on any atom is 0.304 e. The highest BCUT2D eigenvalue weighted by Gasteiger charge is 2.38. The third-order valence-electron chi connectivity index (χ3n) is 3.10. The minimum atomic E-state index is -3.59. The zero-order valence-electron chi connectivity index (χ0n) is 10.7. The summed E-state index contributed by atoms with van der Waals surface area (Å²) in [7, 11) is -3.59. The molecule has 1 aromatic carbocycles. The van der Waals surface area contributed by atoms with Crippen LogP contribution in [0, 0.1) is 6.92 Å². The van der Waals surface area contributed by atoms with Crippen molar-refractivity contribution in [3.05, 3.63) is 29.8 Å². The van der Waals surface area contributed by atoms with Crippen LogP contribution in [0.5, 0.6) is 0 Å². The summed E-state index contributed by atoms with van der Waals surface area (Å²) in [6, 6.07) is 6.66. The normalized spacial score (nSPS) is 15.7. The van der Waals surface area contributed by atoms with E-state index in [4.69, 9.17) is 5.11 Å². The smallest absolute Gasteiger partial charge is 0.304 e. The molecule has 1 aromatic rings. The van der Waals surface area contributed by atoms with E-state index in [1.165, 1.54) is 4.31 Å². The molecule has 5 nitrogen and oxygen atoms in total. The fourth-order valence-electron chi connectivity index (χ4n) is 1.98. The minimum Gasteiger partial charge on any atom is -0.481 e. The molecule has 1 N–H and O–H groups in total. The third kappa shape index (κ3) is 3.33. The quantitative estimate of drug-likeness (QED) is 0.861. The standard InChI is InChI=1S/C13H17NO4S/c1-10-3-2-4-12(9-10)19(17,18)14(11-5-6-11)8-7-13(15)16/h2-4,9,11H,5-8H2,1H3,(H,15,16). The predicted molar refractivity (Wildman–Crippen MR) is 70.3 cm³/mol. The summed E-state index contributed by atoms with van der Waals surface area (Å²) in [6.07, 6.45) is 1.46. The van der Waals surface area contributed by atoms with Gasteiger partial charge in [-0.25, -0.2) is 8.42 Å². The van der Waals surface area contributed by atoms with Gasteiger partial charge in [-0.15, -0.1) is 0 Å². The molecule has 0 radical (unpaired) electrons. The largest absolute Gasteiger partial charge is 0.481 e. The van der Waals surface area contributed by atoms with Crippen LogP contribution in [0.25, 0.3) is 0 Å². The maximum absolute atomic E-state index is 12.5. The first-order valence-corrected chi connectivity index (χ1v) is 7.65. The SMILES string of the molecule is Cc1cccc(S(=O)(=O)N(CCC(=O)O)C2CC2)c1. The maximum atomic E-state index is 12.5. The van der Waals surface area contributed by atoms with E-state index in [9.17, 15) is 13.2 Å². The van der Waals surface area contributed by atoms with Crippen LogP contribution in [-0.4, -0.2) is 36.4 Å². The first-order valence-electron chi connectivity index (χ1n) is 6.21. The van der Waals surface area contributed by atoms with Crippen LogP contribution >= 0.6 is 0 Å². The molecular weight excluding hydrogens is 266 g/mol. The molecule has 2 rings (SSSR count). The van der Waals surface area contributed by atoms with Gasteiger partial charge in [-0.3, -0.25) is 4.79 Å². The molecule has 1 aliphatic carbocycles. The van der Waals surface area contributed by atoms with E-state index in [1.807, 2.05) is 13.0 Å². The van der Waals surface area contributed by atoms with Gasteiger partial charge in [0.05, 0.1) is 11.3 Å². The molecule has 0 atom stereocenters. The molecule has 0 saturated heterocycles. The average Bonchev–Trinajstić information content (AvgIpc) is 3.13. The van der Waals surface area contributed by atoms with E-state index in [2.05, 4.69) is 0 Å². The van der Waals surface area contributed by atoms with Gasteiger partial charge in [0.1, 0.15) is 0 Å². The number of carboxylic acids is 1. The molecule has 104 valence electrons. The van der Waals surface area contributed by atoms with Crippen LogP contribution < -0.4 is 0 Å². The lowest BCUT2D eigenvalue weighted by Crippen LogP contribution is -2.35. The van der Waals surface area contributed by atoms with Crippen molar-refractivity contribution < 1.29 is 18.3 Å². The molecule has 0 aromatic heterocycles. The Morgan fingerprint density at radius 2 is 2.11 bits per heavy atom. The highest BCUT2D eigenvalue weighted by molar-refractivity contribution is 7.89. The molecular formula is C13H17NO4S. The van der Waals surface area contributed by atoms with Crippen molar-refractivity contribution in [3.8, 4) is 0 Å². The first-order chi connectivity index (χ1) is 8.91. The van der Waals surface area contributed by atoms with Crippen molar-refractivity contribution in [1.29, 1.82) is 0 Å². The van der Waals surface area contributed by atoms with Crippen molar-refractivity contribution in [2.75, 3.05) is 6.54 Å². The van der Waals surface area contributed by atoms with Crippen LogP contribution in [-0.2, 0) is 14.8 Å². The molecule has 0 heterocycles. The van der Waals surface area contributed by atoms with Crippen molar-refractivity contribution in [3.63, 3.8) is 0 Å². The zero-order chi connectivity index (χ0) is 14.0. The number of nitrogens with zero attached hydrogens (tertiary/aromatic N) is 1. The van der Waals surface area contributed by atoms with Crippen molar-refractivity contribution in [1.82, 2.24) is 4.31 Å². The number of sulfonamides is 1. The summed E-state index contributed by atoms with van der Waals surface area (Å²) in [6.45, 7) is 1.87. The highest BCUT2D eigenvalue weighted by Crippen LogP contribution is 2.32. The molecule has 1 saturated carbocycles. The van der Waals surface area contributed by atoms with Gasteiger partial charge in [0.25, 0.3) is 0 Å². The van der Waals surface area contributed by atoms with Crippen LogP contribution in [0.4, 0.5) is 0 Å². The Balaban J connectivity index is 2.26. The molecule has 0 aliphatic heterocycles. The van der Waals surface area contributed by atoms with Gasteiger partial charge in [0.2, 0.25) is 10.0 Å². The summed E-state index contributed by atoms with van der Waals surface area (Å²) < 4.78 is 26.4. The molecule has 0 amide bonds. The minimum absolute atomic E-state index is 0.0372. The second-order valence-electron chi connectivity index (χ2n) is 4.81. The lowest BCUT2D eigenvalue weighted by atomic mass is 10.2. The molecule has 0 unspecified atom stereocenters. The molecule has 0 spiro atoms. The van der Waals surface area contributed by atoms with Gasteiger partial charge in [0, 0.05) is 12.6 Å². The molecule has 1 fully saturated rings. The second-order valence-corrected chi connectivity index (χ2v) is 6.70. The van der Waals surface area contributed by atoms with Crippen LogP contribution in [0.15, 0.2) is 29.2 Å². The van der Waals surface area contributed by atoms with Gasteiger partial charge in [0.15, 0.2) is 0 Å². The fraction of sp³-hybridized carbons (Fsp3) is 0.462. The fourth-order valence-corrected chi connectivity index (χ4v) is 3.77. The zero-order valence-corrected chi connectivity index (χ0v) is 11.6. The summed E-state index contributed by atoms with van der Waals surface area (Å²) in [5, 5.41) is 8.72. The monoisotopic (exact) mass is 283 g/mol.